The fourth-order valence-corrected chi connectivity index (χ4v) is 13.5. The molecule has 0 radical (unpaired) electrons. The topological polar surface area (TPSA) is 449 Å². The Hall–Kier alpha value is -10.1. The highest BCUT2D eigenvalue weighted by Gasteiger charge is 2.50. The lowest BCUT2D eigenvalue weighted by Gasteiger charge is -2.39. The molecule has 3 aromatic rings. The number of likely N-dealkylation sites (tertiary alicyclic amines) is 2. The summed E-state index contributed by atoms with van der Waals surface area (Å²) in [6.07, 6.45) is 5.49. The number of carbonyl (C=O) groups excluding carboxylic acids is 15. The smallest absolute Gasteiger partial charge is 0.415 e. The standard InChI is InChI=1S/C37H48N4O24.C35H40N4O7/c42-25-1-2-26(43)38(25)62-33(50)17-54-9-13-58-21-37(22-59-14-10-55-18-34(51)63-39-27(44)3-4-28(39)45,23-60-15-11-56-19-35(52)64-40-29(46)5-6-30(40)47)24-61-16-12-57-20-36(53)65-41-31(48)7-8-32(41)49;1-4-24-25-17-23(45-34(43)38-15-11-22(12-16-38)37-13-7-6-8-14-37)9-10-29(25)36-31-26(24)19-39-30(31)18-28-27(32(39)41)20-44-33(42)35(28,5-2)46-21(3)40/h1-24H2;9-10,17-18,22H,4-8,11-16,19-20H2,1-3H3/t;35-/m.0/s1. The van der Waals surface area contributed by atoms with Crippen molar-refractivity contribution in [1.29, 1.82) is 0 Å². The molecule has 111 heavy (non-hydrogen) atoms. The van der Waals surface area contributed by atoms with Crippen LogP contribution in [-0.2, 0) is 159 Å². The van der Waals surface area contributed by atoms with Gasteiger partial charge < -0.3 is 85.8 Å². The second kappa shape index (κ2) is 39.2. The summed E-state index contributed by atoms with van der Waals surface area (Å²) >= 11 is 0. The van der Waals surface area contributed by atoms with Crippen LogP contribution in [0.15, 0.2) is 29.1 Å². The summed E-state index contributed by atoms with van der Waals surface area (Å²) in [4.78, 5) is 223. The summed E-state index contributed by atoms with van der Waals surface area (Å²) in [6, 6.07) is 7.77. The van der Waals surface area contributed by atoms with Gasteiger partial charge in [0.25, 0.3) is 52.8 Å². The maximum Gasteiger partial charge on any atom is 0.415 e. The third-order valence-electron chi connectivity index (χ3n) is 19.0. The van der Waals surface area contributed by atoms with E-state index >= 15 is 0 Å². The van der Waals surface area contributed by atoms with Gasteiger partial charge in [0, 0.05) is 93.9 Å². The Kier molecular flexibility index (Phi) is 29.4. The normalized spacial score (nSPS) is 18.7. The van der Waals surface area contributed by atoms with Crippen LogP contribution in [0.3, 0.4) is 0 Å². The molecule has 6 fully saturated rings. The number of pyridine rings is 2. The maximum atomic E-state index is 13.8. The van der Waals surface area contributed by atoms with Crippen molar-refractivity contribution in [2.24, 2.45) is 5.41 Å². The molecule has 1 atom stereocenters. The van der Waals surface area contributed by atoms with Crippen molar-refractivity contribution in [3.05, 3.63) is 56.9 Å². The molecule has 2 aromatic heterocycles. The third-order valence-corrected chi connectivity index (χ3v) is 19.0. The summed E-state index contributed by atoms with van der Waals surface area (Å²) in [5.41, 5.74) is 1.32. The van der Waals surface area contributed by atoms with Gasteiger partial charge in [0.05, 0.1) is 114 Å². The van der Waals surface area contributed by atoms with Gasteiger partial charge in [-0.2, -0.15) is 0 Å². The van der Waals surface area contributed by atoms with Crippen LogP contribution in [0.25, 0.3) is 22.3 Å². The molecule has 0 spiro atoms. The van der Waals surface area contributed by atoms with E-state index in [4.69, 9.17) is 76.4 Å². The lowest BCUT2D eigenvalue weighted by atomic mass is 9.85. The molecule has 0 aliphatic carbocycles. The molecular formula is C72H88N8O31. The number of carbonyl (C=O) groups is 15. The molecule has 39 nitrogen and oxygen atoms in total. The first-order valence-corrected chi connectivity index (χ1v) is 36.6. The van der Waals surface area contributed by atoms with Crippen LogP contribution >= 0.6 is 0 Å². The number of imide groups is 4. The Labute approximate surface area is 634 Å². The van der Waals surface area contributed by atoms with Gasteiger partial charge >= 0.3 is 41.9 Å². The summed E-state index contributed by atoms with van der Waals surface area (Å²) in [7, 11) is 0. The largest absolute Gasteiger partial charge is 0.457 e. The Morgan fingerprint density at radius 1 is 0.523 bits per heavy atom. The van der Waals surface area contributed by atoms with E-state index in [1.807, 2.05) is 19.1 Å². The number of hydrogen-bond donors (Lipinski definition) is 0. The average Bonchev–Trinajstić information content (AvgIpc) is 1.62. The highest BCUT2D eigenvalue weighted by Crippen LogP contribution is 2.43. The maximum absolute atomic E-state index is 13.8. The number of hydroxylamine groups is 8. The van der Waals surface area contributed by atoms with Crippen LogP contribution in [0.5, 0.6) is 5.75 Å². The van der Waals surface area contributed by atoms with E-state index in [0.717, 1.165) is 42.4 Å². The van der Waals surface area contributed by atoms with Gasteiger partial charge in [0.1, 0.15) is 38.8 Å². The second-order valence-corrected chi connectivity index (χ2v) is 26.9. The first-order valence-electron chi connectivity index (χ1n) is 36.6. The molecule has 6 saturated heterocycles. The van der Waals surface area contributed by atoms with Gasteiger partial charge in [0.15, 0.2) is 0 Å². The zero-order valence-corrected chi connectivity index (χ0v) is 61.8. The third kappa shape index (κ3) is 21.3. The molecule has 0 bridgehead atoms. The van der Waals surface area contributed by atoms with E-state index in [-0.39, 0.29) is 155 Å². The number of benzene rings is 1. The Bertz CT molecular complexity index is 3790. The van der Waals surface area contributed by atoms with Crippen LogP contribution in [-0.4, -0.2) is 267 Å². The number of amides is 9. The minimum atomic E-state index is -1.69. The number of piperidine rings is 2. The number of rotatable bonds is 37. The van der Waals surface area contributed by atoms with E-state index in [0.29, 0.717) is 86.1 Å². The SMILES string of the molecule is CCc1c2c(nc3ccc(OC(=O)N4CCC(N5CCCCC5)CC4)cc13)-c1cc3c(c(=O)n1C2)COC(=O)[C@@]3(CC)OC(C)=O.O=C(COCCOCC(COCCOCC(=O)ON1C(=O)CCC1=O)(COCCOCC(=O)ON1C(=O)CCC1=O)COCCOCC(=O)ON1C(=O)CCC1=O)ON1C(=O)CCC1=O. The molecule has 0 saturated carbocycles. The van der Waals surface area contributed by atoms with E-state index in [1.54, 1.807) is 28.5 Å². The van der Waals surface area contributed by atoms with Crippen molar-refractivity contribution in [2.75, 3.05) is 132 Å². The van der Waals surface area contributed by atoms with Gasteiger partial charge in [-0.3, -0.25) is 47.9 Å². The summed E-state index contributed by atoms with van der Waals surface area (Å²) in [6.45, 7) is 4.34. The summed E-state index contributed by atoms with van der Waals surface area (Å²) in [5.74, 6) is -10.2. The number of esters is 2. The van der Waals surface area contributed by atoms with Crippen molar-refractivity contribution in [3.63, 3.8) is 0 Å². The number of nitrogens with zero attached hydrogens (tertiary/aromatic N) is 8. The van der Waals surface area contributed by atoms with Crippen molar-refractivity contribution in [2.45, 2.75) is 142 Å². The molecule has 0 N–H and O–H groups in total. The Morgan fingerprint density at radius 3 is 1.33 bits per heavy atom. The van der Waals surface area contributed by atoms with Crippen molar-refractivity contribution >= 4 is 100 Å². The fraction of sp³-hybridized carbons (Fsp3) is 0.597. The first-order chi connectivity index (χ1) is 53.4. The van der Waals surface area contributed by atoms with E-state index in [9.17, 15) is 76.7 Å². The monoisotopic (exact) mass is 1560 g/mol. The summed E-state index contributed by atoms with van der Waals surface area (Å²) < 4.78 is 62.8. The molecule has 10 heterocycles. The van der Waals surface area contributed by atoms with Crippen LogP contribution in [0.4, 0.5) is 4.79 Å². The molecule has 9 amide bonds. The van der Waals surface area contributed by atoms with Gasteiger partial charge in [-0.15, -0.1) is 20.3 Å². The van der Waals surface area contributed by atoms with Crippen LogP contribution in [0.1, 0.15) is 133 Å². The molecular weight excluding hydrogens is 1470 g/mol. The fourth-order valence-electron chi connectivity index (χ4n) is 13.5. The minimum Gasteiger partial charge on any atom is -0.457 e. The quantitative estimate of drug-likeness (QED) is 0.0348. The molecule has 602 valence electrons. The van der Waals surface area contributed by atoms with Crippen molar-refractivity contribution in [3.8, 4) is 17.1 Å². The number of ether oxygens (including phenoxy) is 11. The summed E-state index contributed by atoms with van der Waals surface area (Å²) in [5, 5.41) is 2.35. The minimum absolute atomic E-state index is 0.0910. The van der Waals surface area contributed by atoms with Crippen molar-refractivity contribution in [1.82, 2.24) is 39.6 Å². The first kappa shape index (κ1) is 83.3. The van der Waals surface area contributed by atoms with Crippen molar-refractivity contribution < 1.29 is 143 Å². The molecule has 39 heteroatoms. The predicted molar refractivity (Wildman–Crippen MR) is 367 cm³/mol. The Balaban J connectivity index is 0.000000249. The number of cyclic esters (lactones) is 1. The van der Waals surface area contributed by atoms with Crippen LogP contribution in [0, 0.1) is 5.41 Å². The molecule has 8 aliphatic rings. The molecule has 11 rings (SSSR count). The number of fused-ring (bicyclic) bond motifs is 5. The van der Waals surface area contributed by atoms with Crippen LogP contribution < -0.4 is 10.3 Å². The number of hydrogen-bond acceptors (Lipinski definition) is 33. The predicted octanol–water partition coefficient (Wildman–Crippen LogP) is 1.20. The van der Waals surface area contributed by atoms with E-state index in [2.05, 4.69) is 4.90 Å². The second-order valence-electron chi connectivity index (χ2n) is 26.9. The highest BCUT2D eigenvalue weighted by molar-refractivity contribution is 6.04. The van der Waals surface area contributed by atoms with E-state index < -0.39 is 121 Å². The van der Waals surface area contributed by atoms with Gasteiger partial charge in [-0.05, 0) is 81.4 Å². The van der Waals surface area contributed by atoms with Gasteiger partial charge in [-0.1, -0.05) is 20.3 Å². The zero-order chi connectivity index (χ0) is 79.4. The van der Waals surface area contributed by atoms with E-state index in [1.165, 1.54) is 26.2 Å². The average molecular weight is 1560 g/mol. The van der Waals surface area contributed by atoms with Crippen LogP contribution in [0.2, 0.25) is 0 Å². The van der Waals surface area contributed by atoms with Gasteiger partial charge in [0.2, 0.25) is 5.60 Å². The zero-order valence-electron chi connectivity index (χ0n) is 61.8. The molecule has 1 aromatic carbocycles. The number of aromatic nitrogens is 2. The molecule has 8 aliphatic heterocycles. The highest BCUT2D eigenvalue weighted by atomic mass is 16.8. The number of aryl methyl sites for hydroxylation is 1. The van der Waals surface area contributed by atoms with Gasteiger partial charge in [-0.25, -0.2) is 33.8 Å². The Morgan fingerprint density at radius 2 is 0.937 bits per heavy atom. The lowest BCUT2D eigenvalue weighted by molar-refractivity contribution is -0.201. The molecule has 0 unspecified atom stereocenters. The lowest BCUT2D eigenvalue weighted by Crippen LogP contribution is -2.48.